The topological polar surface area (TPSA) is 128 Å². The van der Waals surface area contributed by atoms with Gasteiger partial charge in [-0.2, -0.15) is 0 Å². The zero-order valence-electron chi connectivity index (χ0n) is 23.3. The quantitative estimate of drug-likeness (QED) is 0.262. The molecule has 5 N–H and O–H groups in total. The van der Waals surface area contributed by atoms with Crippen LogP contribution in [0.25, 0.3) is 0 Å². The molecule has 0 bridgehead atoms. The van der Waals surface area contributed by atoms with E-state index in [0.29, 0.717) is 57.2 Å². The number of nitrogens with zero attached hydrogens (tertiary/aromatic N) is 1. The summed E-state index contributed by atoms with van der Waals surface area (Å²) in [5, 5.41) is 2.25. The summed E-state index contributed by atoms with van der Waals surface area (Å²) >= 11 is 0. The molecule has 1 heterocycles. The molecule has 0 saturated heterocycles. The van der Waals surface area contributed by atoms with Crippen LogP contribution >= 0.6 is 0 Å². The highest BCUT2D eigenvalue weighted by molar-refractivity contribution is 6.00. The van der Waals surface area contributed by atoms with E-state index < -0.39 is 0 Å². The third kappa shape index (κ3) is 13.4. The summed E-state index contributed by atoms with van der Waals surface area (Å²) in [6.45, 7) is 8.05. The van der Waals surface area contributed by atoms with Crippen LogP contribution in [0.5, 0.6) is 0 Å². The van der Waals surface area contributed by atoms with Gasteiger partial charge in [-0.25, -0.2) is 0 Å². The second kappa shape index (κ2) is 22.5. The number of nitrogens with one attached hydrogen (secondary N) is 1. The first kappa shape index (κ1) is 34.3. The summed E-state index contributed by atoms with van der Waals surface area (Å²) < 4.78 is 5.29. The number of ether oxygens (including phenoxy) is 1. The second-order valence-electron chi connectivity index (χ2n) is 8.51. The molecular weight excluding hydrogens is 468 g/mol. The number of benzene rings is 1. The Morgan fingerprint density at radius 3 is 2.38 bits per heavy atom. The molecule has 1 aromatic rings. The molecule has 8 heteroatoms. The van der Waals surface area contributed by atoms with Crippen molar-refractivity contribution in [1.29, 1.82) is 0 Å². The molecule has 2 amide bonds. The number of hydrogen-bond donors (Lipinski definition) is 3. The van der Waals surface area contributed by atoms with Crippen LogP contribution in [0, 0.1) is 11.8 Å². The third-order valence-electron chi connectivity index (χ3n) is 5.76. The first-order chi connectivity index (χ1) is 18.0. The molecule has 1 atom stereocenters. The van der Waals surface area contributed by atoms with Crippen LogP contribution in [0.4, 0.5) is 0 Å². The molecule has 3 rings (SSSR count). The molecule has 1 unspecified atom stereocenters. The highest BCUT2D eigenvalue weighted by Crippen LogP contribution is 2.28. The van der Waals surface area contributed by atoms with Crippen molar-refractivity contribution in [2.45, 2.75) is 90.8 Å². The van der Waals surface area contributed by atoms with Crippen LogP contribution < -0.4 is 16.8 Å². The van der Waals surface area contributed by atoms with E-state index in [1.54, 1.807) is 18.0 Å². The Hall–Kier alpha value is -2.73. The summed E-state index contributed by atoms with van der Waals surface area (Å²) in [5.74, 6) is 6.12. The van der Waals surface area contributed by atoms with Crippen molar-refractivity contribution in [3.05, 3.63) is 34.9 Å². The minimum absolute atomic E-state index is 0.0783. The van der Waals surface area contributed by atoms with Crippen molar-refractivity contribution in [3.8, 4) is 11.8 Å². The first-order valence-electron chi connectivity index (χ1n) is 13.5. The zero-order valence-corrected chi connectivity index (χ0v) is 23.3. The van der Waals surface area contributed by atoms with Gasteiger partial charge in [-0.15, -0.1) is 0 Å². The number of hydrogen-bond acceptors (Lipinski definition) is 6. The van der Waals surface area contributed by atoms with Gasteiger partial charge in [-0.05, 0) is 37.0 Å². The van der Waals surface area contributed by atoms with Crippen LogP contribution in [0.3, 0.4) is 0 Å². The Balaban J connectivity index is 0.000000819. The number of fused-ring (bicyclic) bond motifs is 1. The van der Waals surface area contributed by atoms with Crippen molar-refractivity contribution in [2.24, 2.45) is 11.5 Å². The van der Waals surface area contributed by atoms with Gasteiger partial charge in [0.1, 0.15) is 6.29 Å². The number of carbonyl (C=O) groups excluding carboxylic acids is 3. The monoisotopic (exact) mass is 516 g/mol. The molecule has 208 valence electrons. The maximum Gasteiger partial charge on any atom is 0.255 e. The Bertz CT molecular complexity index is 829. The Kier molecular flexibility index (Phi) is 20.8. The van der Waals surface area contributed by atoms with E-state index in [0.717, 1.165) is 23.8 Å². The lowest BCUT2D eigenvalue weighted by Gasteiger charge is -2.22. The Labute approximate surface area is 223 Å². The van der Waals surface area contributed by atoms with E-state index in [4.69, 9.17) is 21.0 Å². The number of rotatable bonds is 9. The lowest BCUT2D eigenvalue weighted by atomic mass is 9.97. The predicted molar refractivity (Wildman–Crippen MR) is 150 cm³/mol. The van der Waals surface area contributed by atoms with Crippen molar-refractivity contribution < 1.29 is 19.1 Å². The maximum absolute atomic E-state index is 12.6. The zero-order chi connectivity index (χ0) is 27.9. The normalized spacial score (nSPS) is 14.6. The van der Waals surface area contributed by atoms with Gasteiger partial charge < -0.3 is 31.2 Å². The number of aldehydes is 1. The van der Waals surface area contributed by atoms with Gasteiger partial charge in [0.25, 0.3) is 5.91 Å². The summed E-state index contributed by atoms with van der Waals surface area (Å²) in [7, 11) is 1.56. The predicted octanol–water partition coefficient (Wildman–Crippen LogP) is 3.39. The van der Waals surface area contributed by atoms with Crippen LogP contribution in [-0.2, 0) is 20.9 Å². The van der Waals surface area contributed by atoms with E-state index >= 15 is 0 Å². The molecule has 1 aliphatic carbocycles. The number of nitrogens with two attached hydrogens (primary N) is 2. The van der Waals surface area contributed by atoms with Gasteiger partial charge in [0.2, 0.25) is 6.41 Å². The fraction of sp³-hybridized carbons (Fsp3) is 0.621. The Morgan fingerprint density at radius 1 is 1.19 bits per heavy atom. The number of amides is 2. The highest BCUT2D eigenvalue weighted by Gasteiger charge is 2.33. The molecule has 0 radical (unpaired) electrons. The second-order valence-corrected chi connectivity index (χ2v) is 8.51. The van der Waals surface area contributed by atoms with E-state index in [2.05, 4.69) is 17.2 Å². The van der Waals surface area contributed by atoms with E-state index in [1.165, 1.54) is 32.1 Å². The molecule has 1 aliphatic heterocycles. The molecule has 2 aliphatic rings. The highest BCUT2D eigenvalue weighted by atomic mass is 16.5. The van der Waals surface area contributed by atoms with Gasteiger partial charge in [-0.1, -0.05) is 64.4 Å². The van der Waals surface area contributed by atoms with Crippen molar-refractivity contribution in [2.75, 3.05) is 26.8 Å². The lowest BCUT2D eigenvalue weighted by molar-refractivity contribution is -0.112. The minimum Gasteiger partial charge on any atom is -0.379 e. The van der Waals surface area contributed by atoms with Crippen LogP contribution in [-0.4, -0.2) is 62.4 Å². The lowest BCUT2D eigenvalue weighted by Crippen LogP contribution is -2.36. The molecule has 1 aromatic carbocycles. The standard InChI is InChI=1S/C19H24N2O3.C6H13N.C2H5NO.C2H6/c1-2-6-16(14-22)21-13-18-15(7-3-4-11-24-12-10-20)8-5-9-17(18)19(21)23;7-6-4-2-1-3-5-6;1-3-2-4;1-2/h5,8-9,14,16H,2,4,6,10-13,20H2,1H3;6H,1-5,7H2;2H,1H3,(H,3,4);1-2H3. The average molecular weight is 517 g/mol. The summed E-state index contributed by atoms with van der Waals surface area (Å²) in [5.41, 5.74) is 13.4. The SMILES string of the molecule is CC.CCCC(C=O)N1Cc2c(C#CCCOCCN)cccc2C1=O.CNC=O.NC1CCCCC1. The maximum atomic E-state index is 12.6. The molecular formula is C29H48N4O4. The van der Waals surface area contributed by atoms with Crippen LogP contribution in [0.2, 0.25) is 0 Å². The van der Waals surface area contributed by atoms with Gasteiger partial charge in [0.05, 0.1) is 19.3 Å². The molecule has 37 heavy (non-hydrogen) atoms. The smallest absolute Gasteiger partial charge is 0.255 e. The first-order valence-corrected chi connectivity index (χ1v) is 13.5. The largest absolute Gasteiger partial charge is 0.379 e. The fourth-order valence-electron chi connectivity index (χ4n) is 3.93. The fourth-order valence-corrected chi connectivity index (χ4v) is 3.93. The van der Waals surface area contributed by atoms with Crippen LogP contribution in [0.1, 0.15) is 93.6 Å². The van der Waals surface area contributed by atoms with Crippen molar-refractivity contribution >= 4 is 18.6 Å². The van der Waals surface area contributed by atoms with E-state index in [9.17, 15) is 9.59 Å². The third-order valence-corrected chi connectivity index (χ3v) is 5.76. The van der Waals surface area contributed by atoms with Crippen molar-refractivity contribution in [1.82, 2.24) is 10.2 Å². The number of carbonyl (C=O) groups is 3. The van der Waals surface area contributed by atoms with E-state index in [1.807, 2.05) is 32.9 Å². The molecule has 1 saturated carbocycles. The van der Waals surface area contributed by atoms with Gasteiger partial charge in [0.15, 0.2) is 0 Å². The summed E-state index contributed by atoms with van der Waals surface area (Å²) in [4.78, 5) is 34.6. The van der Waals surface area contributed by atoms with Crippen LogP contribution in [0.15, 0.2) is 18.2 Å². The Morgan fingerprint density at radius 2 is 1.86 bits per heavy atom. The van der Waals surface area contributed by atoms with Gasteiger partial charge >= 0.3 is 0 Å². The molecule has 0 aromatic heterocycles. The average Bonchev–Trinajstić information content (AvgIpc) is 3.28. The summed E-state index contributed by atoms with van der Waals surface area (Å²) in [6, 6.07) is 5.74. The molecule has 0 spiro atoms. The molecule has 8 nitrogen and oxygen atoms in total. The molecule has 1 fully saturated rings. The summed E-state index contributed by atoms with van der Waals surface area (Å²) in [6.07, 6.45) is 10.3. The van der Waals surface area contributed by atoms with Crippen molar-refractivity contribution in [3.63, 3.8) is 0 Å². The van der Waals surface area contributed by atoms with Gasteiger partial charge in [0, 0.05) is 43.7 Å². The minimum atomic E-state index is -0.361. The van der Waals surface area contributed by atoms with Gasteiger partial charge in [-0.3, -0.25) is 9.59 Å². The van der Waals surface area contributed by atoms with E-state index in [-0.39, 0.29) is 11.9 Å².